The van der Waals surface area contributed by atoms with Crippen LogP contribution in [0.2, 0.25) is 0 Å². The summed E-state index contributed by atoms with van der Waals surface area (Å²) in [5, 5.41) is 3.40. The van der Waals surface area contributed by atoms with E-state index < -0.39 is 10.0 Å². The number of benzene rings is 2. The van der Waals surface area contributed by atoms with Crippen molar-refractivity contribution in [3.05, 3.63) is 53.6 Å². The van der Waals surface area contributed by atoms with Crippen LogP contribution >= 0.6 is 0 Å². The molecule has 0 bridgehead atoms. The fraction of sp³-hybridized carbons (Fsp3) is 0.333. The molecule has 2 aromatic carbocycles. The van der Waals surface area contributed by atoms with Gasteiger partial charge in [0, 0.05) is 11.7 Å². The van der Waals surface area contributed by atoms with Gasteiger partial charge in [-0.05, 0) is 49.6 Å². The standard InChI is InChI=1S/C18H24N2O3S/c1-13-9-10-16(12-17(13)20-24(4,21)22)19-14(2)11-15-7-5-6-8-18(15)23-3/h5-10,12,14,19-20H,11H2,1-4H3/t14-/m1/s1. The maximum Gasteiger partial charge on any atom is 0.229 e. The van der Waals surface area contributed by atoms with E-state index >= 15 is 0 Å². The topological polar surface area (TPSA) is 67.4 Å². The van der Waals surface area contributed by atoms with Crippen LogP contribution in [-0.2, 0) is 16.4 Å². The summed E-state index contributed by atoms with van der Waals surface area (Å²) < 4.78 is 30.8. The number of sulfonamides is 1. The van der Waals surface area contributed by atoms with Gasteiger partial charge >= 0.3 is 0 Å². The second kappa shape index (κ2) is 7.57. The summed E-state index contributed by atoms with van der Waals surface area (Å²) in [5.41, 5.74) is 3.46. The van der Waals surface area contributed by atoms with Crippen LogP contribution in [0.15, 0.2) is 42.5 Å². The van der Waals surface area contributed by atoms with Gasteiger partial charge in [-0.2, -0.15) is 0 Å². The van der Waals surface area contributed by atoms with E-state index in [1.165, 1.54) is 0 Å². The Labute approximate surface area is 144 Å². The Morgan fingerprint density at radius 1 is 1.17 bits per heavy atom. The summed E-state index contributed by atoms with van der Waals surface area (Å²) in [7, 11) is -1.63. The molecule has 24 heavy (non-hydrogen) atoms. The number of rotatable bonds is 7. The molecular weight excluding hydrogens is 324 g/mol. The number of hydrogen-bond acceptors (Lipinski definition) is 4. The molecule has 2 aromatic rings. The zero-order valence-corrected chi connectivity index (χ0v) is 15.3. The van der Waals surface area contributed by atoms with Gasteiger partial charge in [-0.25, -0.2) is 8.42 Å². The highest BCUT2D eigenvalue weighted by Crippen LogP contribution is 2.24. The van der Waals surface area contributed by atoms with Gasteiger partial charge in [0.05, 0.1) is 19.1 Å². The third-order valence-electron chi connectivity index (χ3n) is 3.66. The first-order chi connectivity index (χ1) is 11.3. The Kier molecular flexibility index (Phi) is 5.72. The third kappa shape index (κ3) is 5.16. The number of aryl methyl sites for hydroxylation is 1. The van der Waals surface area contributed by atoms with Crippen LogP contribution in [-0.4, -0.2) is 27.8 Å². The molecule has 130 valence electrons. The molecule has 0 radical (unpaired) electrons. The van der Waals surface area contributed by atoms with Crippen molar-refractivity contribution < 1.29 is 13.2 Å². The second-order valence-electron chi connectivity index (χ2n) is 5.97. The molecule has 5 nitrogen and oxygen atoms in total. The van der Waals surface area contributed by atoms with Gasteiger partial charge in [0.15, 0.2) is 0 Å². The van der Waals surface area contributed by atoms with Crippen LogP contribution in [0.3, 0.4) is 0 Å². The average molecular weight is 348 g/mol. The number of para-hydroxylation sites is 1. The summed E-state index contributed by atoms with van der Waals surface area (Å²) in [5.74, 6) is 0.870. The van der Waals surface area contributed by atoms with Crippen molar-refractivity contribution in [1.82, 2.24) is 0 Å². The molecule has 0 aliphatic carbocycles. The molecule has 0 fully saturated rings. The van der Waals surface area contributed by atoms with Crippen LogP contribution in [0, 0.1) is 6.92 Å². The lowest BCUT2D eigenvalue weighted by atomic mass is 10.1. The molecule has 0 spiro atoms. The summed E-state index contributed by atoms with van der Waals surface area (Å²) in [4.78, 5) is 0. The van der Waals surface area contributed by atoms with E-state index in [2.05, 4.69) is 17.0 Å². The average Bonchev–Trinajstić information content (AvgIpc) is 2.49. The molecule has 0 heterocycles. The number of hydrogen-bond donors (Lipinski definition) is 2. The van der Waals surface area contributed by atoms with Crippen molar-refractivity contribution in [3.63, 3.8) is 0 Å². The predicted octanol–water partition coefficient (Wildman–Crippen LogP) is 3.42. The number of methoxy groups -OCH3 is 1. The maximum absolute atomic E-state index is 11.5. The zero-order chi connectivity index (χ0) is 17.7. The molecule has 0 saturated heterocycles. The minimum atomic E-state index is -3.30. The smallest absolute Gasteiger partial charge is 0.229 e. The Morgan fingerprint density at radius 2 is 1.88 bits per heavy atom. The van der Waals surface area contributed by atoms with E-state index in [0.717, 1.165) is 35.2 Å². The Hall–Kier alpha value is -2.21. The van der Waals surface area contributed by atoms with Crippen molar-refractivity contribution in [2.45, 2.75) is 26.3 Å². The highest BCUT2D eigenvalue weighted by Gasteiger charge is 2.10. The number of nitrogens with one attached hydrogen (secondary N) is 2. The Bertz CT molecular complexity index is 804. The zero-order valence-electron chi connectivity index (χ0n) is 14.5. The molecule has 0 aliphatic heterocycles. The maximum atomic E-state index is 11.5. The van der Waals surface area contributed by atoms with Crippen molar-refractivity contribution in [2.24, 2.45) is 0 Å². The largest absolute Gasteiger partial charge is 0.496 e. The monoisotopic (exact) mass is 348 g/mol. The van der Waals surface area contributed by atoms with Crippen LogP contribution in [0.4, 0.5) is 11.4 Å². The molecular formula is C18H24N2O3S. The lowest BCUT2D eigenvalue weighted by Crippen LogP contribution is -2.19. The van der Waals surface area contributed by atoms with E-state index in [1.54, 1.807) is 7.11 Å². The van der Waals surface area contributed by atoms with Gasteiger partial charge < -0.3 is 10.1 Å². The number of ether oxygens (including phenoxy) is 1. The summed E-state index contributed by atoms with van der Waals surface area (Å²) in [6, 6.07) is 13.7. The minimum Gasteiger partial charge on any atom is -0.496 e. The van der Waals surface area contributed by atoms with Crippen LogP contribution in [0.5, 0.6) is 5.75 Å². The summed E-state index contributed by atoms with van der Waals surface area (Å²) in [6.07, 6.45) is 1.95. The normalized spacial score (nSPS) is 12.5. The highest BCUT2D eigenvalue weighted by atomic mass is 32.2. The van der Waals surface area contributed by atoms with Crippen molar-refractivity contribution >= 4 is 21.4 Å². The molecule has 0 aromatic heterocycles. The second-order valence-corrected chi connectivity index (χ2v) is 7.71. The lowest BCUT2D eigenvalue weighted by Gasteiger charge is -2.18. The van der Waals surface area contributed by atoms with E-state index in [9.17, 15) is 8.42 Å². The minimum absolute atomic E-state index is 0.162. The van der Waals surface area contributed by atoms with E-state index in [1.807, 2.05) is 49.4 Å². The van der Waals surface area contributed by atoms with Gasteiger partial charge in [-0.15, -0.1) is 0 Å². The van der Waals surface area contributed by atoms with E-state index in [0.29, 0.717) is 5.69 Å². The fourth-order valence-corrected chi connectivity index (χ4v) is 3.18. The molecule has 0 saturated carbocycles. The lowest BCUT2D eigenvalue weighted by molar-refractivity contribution is 0.409. The fourth-order valence-electron chi connectivity index (χ4n) is 2.56. The van der Waals surface area contributed by atoms with Crippen LogP contribution < -0.4 is 14.8 Å². The number of anilines is 2. The quantitative estimate of drug-likeness (QED) is 0.804. The first-order valence-corrected chi connectivity index (χ1v) is 9.64. The van der Waals surface area contributed by atoms with Gasteiger partial charge in [-0.1, -0.05) is 24.3 Å². The van der Waals surface area contributed by atoms with Gasteiger partial charge in [0.25, 0.3) is 0 Å². The molecule has 6 heteroatoms. The molecule has 0 aliphatic rings. The summed E-state index contributed by atoms with van der Waals surface area (Å²) >= 11 is 0. The summed E-state index contributed by atoms with van der Waals surface area (Å²) in [6.45, 7) is 3.95. The first-order valence-electron chi connectivity index (χ1n) is 7.75. The molecule has 2 N–H and O–H groups in total. The van der Waals surface area contributed by atoms with Crippen molar-refractivity contribution in [1.29, 1.82) is 0 Å². The SMILES string of the molecule is COc1ccccc1C[C@@H](C)Nc1ccc(C)c(NS(C)(=O)=O)c1. The molecule has 0 amide bonds. The van der Waals surface area contributed by atoms with E-state index in [-0.39, 0.29) is 6.04 Å². The Balaban J connectivity index is 2.11. The van der Waals surface area contributed by atoms with Gasteiger partial charge in [-0.3, -0.25) is 4.72 Å². The van der Waals surface area contributed by atoms with Gasteiger partial charge in [0.1, 0.15) is 5.75 Å². The molecule has 1 atom stereocenters. The third-order valence-corrected chi connectivity index (χ3v) is 4.26. The molecule has 0 unspecified atom stereocenters. The Morgan fingerprint density at radius 3 is 2.54 bits per heavy atom. The highest BCUT2D eigenvalue weighted by molar-refractivity contribution is 7.92. The predicted molar refractivity (Wildman–Crippen MR) is 99.4 cm³/mol. The van der Waals surface area contributed by atoms with E-state index in [4.69, 9.17) is 4.74 Å². The first kappa shape index (κ1) is 18.1. The van der Waals surface area contributed by atoms with Crippen molar-refractivity contribution in [3.8, 4) is 5.75 Å². The van der Waals surface area contributed by atoms with Crippen molar-refractivity contribution in [2.75, 3.05) is 23.4 Å². The van der Waals surface area contributed by atoms with Crippen LogP contribution in [0.1, 0.15) is 18.1 Å². The van der Waals surface area contributed by atoms with Crippen LogP contribution in [0.25, 0.3) is 0 Å². The molecule has 2 rings (SSSR count). The van der Waals surface area contributed by atoms with Gasteiger partial charge in [0.2, 0.25) is 10.0 Å².